The molecule has 4 heteroatoms. The monoisotopic (exact) mass is 246 g/mol. The van der Waals surface area contributed by atoms with Gasteiger partial charge in [-0.1, -0.05) is 11.6 Å². The lowest BCUT2D eigenvalue weighted by Gasteiger charge is -2.10. The minimum Gasteiger partial charge on any atom is -0.478 e. The molecule has 0 saturated heterocycles. The summed E-state index contributed by atoms with van der Waals surface area (Å²) < 4.78 is 0. The quantitative estimate of drug-likeness (QED) is 0.784. The van der Waals surface area contributed by atoms with E-state index in [-0.39, 0.29) is 5.56 Å². The van der Waals surface area contributed by atoms with E-state index in [0.29, 0.717) is 5.82 Å². The van der Waals surface area contributed by atoms with Gasteiger partial charge < -0.3 is 10.4 Å². The molecule has 0 aliphatic heterocycles. The number of anilines is 1. The van der Waals surface area contributed by atoms with E-state index in [9.17, 15) is 4.79 Å². The predicted molar refractivity (Wildman–Crippen MR) is 71.0 cm³/mol. The molecule has 0 amide bonds. The number of allylic oxidation sites excluding steroid dienone is 1. The Balaban J connectivity index is 2.00. The Morgan fingerprint density at radius 1 is 1.56 bits per heavy atom. The largest absolute Gasteiger partial charge is 0.478 e. The lowest BCUT2D eigenvalue weighted by Crippen LogP contribution is -2.11. The Morgan fingerprint density at radius 3 is 3.06 bits per heavy atom. The van der Waals surface area contributed by atoms with E-state index in [1.165, 1.54) is 24.8 Å². The highest BCUT2D eigenvalue weighted by molar-refractivity contribution is 5.94. The van der Waals surface area contributed by atoms with Crippen LogP contribution in [0.15, 0.2) is 23.9 Å². The maximum atomic E-state index is 11.2. The fourth-order valence-corrected chi connectivity index (χ4v) is 2.27. The third-order valence-electron chi connectivity index (χ3n) is 3.25. The topological polar surface area (TPSA) is 62.2 Å². The van der Waals surface area contributed by atoms with Gasteiger partial charge in [-0.2, -0.15) is 0 Å². The van der Waals surface area contributed by atoms with Crippen LogP contribution in [0.25, 0.3) is 0 Å². The Bertz CT molecular complexity index is 481. The van der Waals surface area contributed by atoms with Crippen LogP contribution in [-0.4, -0.2) is 22.6 Å². The van der Waals surface area contributed by atoms with E-state index in [1.54, 1.807) is 19.2 Å². The van der Waals surface area contributed by atoms with Crippen molar-refractivity contribution in [2.75, 3.05) is 11.9 Å². The Morgan fingerprint density at radius 2 is 2.39 bits per heavy atom. The molecule has 1 aliphatic carbocycles. The molecule has 0 saturated carbocycles. The van der Waals surface area contributed by atoms with E-state index >= 15 is 0 Å². The average Bonchev–Trinajstić information content (AvgIpc) is 2.81. The zero-order valence-corrected chi connectivity index (χ0v) is 10.6. The van der Waals surface area contributed by atoms with Crippen LogP contribution in [0.2, 0.25) is 0 Å². The first-order valence-corrected chi connectivity index (χ1v) is 6.29. The second kappa shape index (κ2) is 5.67. The van der Waals surface area contributed by atoms with Gasteiger partial charge in [0.15, 0.2) is 0 Å². The first-order valence-electron chi connectivity index (χ1n) is 6.29. The van der Waals surface area contributed by atoms with Gasteiger partial charge in [0.05, 0.1) is 0 Å². The van der Waals surface area contributed by atoms with E-state index in [4.69, 9.17) is 5.11 Å². The number of rotatable bonds is 5. The van der Waals surface area contributed by atoms with E-state index in [2.05, 4.69) is 16.4 Å². The molecule has 18 heavy (non-hydrogen) atoms. The molecule has 1 aromatic heterocycles. The molecule has 1 aromatic rings. The normalized spacial score (nSPS) is 14.4. The lowest BCUT2D eigenvalue weighted by atomic mass is 10.1. The third-order valence-corrected chi connectivity index (χ3v) is 3.25. The molecule has 0 unspecified atom stereocenters. The number of hydrogen-bond donors (Lipinski definition) is 2. The molecule has 1 heterocycles. The number of carboxylic acid groups (broad SMARTS) is 1. The number of carboxylic acids is 1. The highest BCUT2D eigenvalue weighted by atomic mass is 16.4. The van der Waals surface area contributed by atoms with Crippen LogP contribution in [0, 0.1) is 6.92 Å². The standard InChI is InChI=1S/C14H18N2O2/c1-10-6-8-15-13(12(10)14(17)18)16-9-7-11-4-2-3-5-11/h4,6,8H,2-3,5,7,9H2,1H3,(H,15,16)(H,17,18). The van der Waals surface area contributed by atoms with Gasteiger partial charge in [-0.05, 0) is 44.2 Å². The smallest absolute Gasteiger partial charge is 0.339 e. The molecule has 0 atom stereocenters. The number of aromatic nitrogens is 1. The zero-order valence-electron chi connectivity index (χ0n) is 10.6. The maximum absolute atomic E-state index is 11.2. The summed E-state index contributed by atoms with van der Waals surface area (Å²) in [5, 5.41) is 12.3. The molecule has 0 radical (unpaired) electrons. The van der Waals surface area contributed by atoms with Crippen molar-refractivity contribution < 1.29 is 9.90 Å². The van der Waals surface area contributed by atoms with Crippen LogP contribution in [0.3, 0.4) is 0 Å². The van der Waals surface area contributed by atoms with Crippen molar-refractivity contribution in [2.45, 2.75) is 32.6 Å². The molecule has 0 bridgehead atoms. The third kappa shape index (κ3) is 2.88. The lowest BCUT2D eigenvalue weighted by molar-refractivity contribution is 0.0697. The van der Waals surface area contributed by atoms with Crippen LogP contribution in [0.4, 0.5) is 5.82 Å². The molecular weight excluding hydrogens is 228 g/mol. The predicted octanol–water partition coefficient (Wildman–Crippen LogP) is 3.00. The van der Waals surface area contributed by atoms with E-state index in [0.717, 1.165) is 18.5 Å². The second-order valence-electron chi connectivity index (χ2n) is 4.59. The molecule has 2 rings (SSSR count). The fraction of sp³-hybridized carbons (Fsp3) is 0.429. The van der Waals surface area contributed by atoms with Gasteiger partial charge in [0.1, 0.15) is 11.4 Å². The zero-order chi connectivity index (χ0) is 13.0. The highest BCUT2D eigenvalue weighted by Crippen LogP contribution is 2.21. The van der Waals surface area contributed by atoms with Crippen LogP contribution in [-0.2, 0) is 0 Å². The molecule has 0 spiro atoms. The van der Waals surface area contributed by atoms with Crippen molar-refractivity contribution in [1.82, 2.24) is 4.98 Å². The van der Waals surface area contributed by atoms with Gasteiger partial charge in [0.2, 0.25) is 0 Å². The van der Waals surface area contributed by atoms with Gasteiger partial charge in [-0.25, -0.2) is 9.78 Å². The van der Waals surface area contributed by atoms with Crippen LogP contribution < -0.4 is 5.32 Å². The first kappa shape index (κ1) is 12.6. The summed E-state index contributed by atoms with van der Waals surface area (Å²) in [4.78, 5) is 15.3. The minimum atomic E-state index is -0.928. The molecule has 0 fully saturated rings. The van der Waals surface area contributed by atoms with Crippen LogP contribution in [0.1, 0.15) is 41.6 Å². The number of carbonyl (C=O) groups is 1. The molecule has 4 nitrogen and oxygen atoms in total. The molecule has 2 N–H and O–H groups in total. The molecule has 96 valence electrons. The Labute approximate surface area is 107 Å². The number of aryl methyl sites for hydroxylation is 1. The van der Waals surface area contributed by atoms with Gasteiger partial charge >= 0.3 is 5.97 Å². The van der Waals surface area contributed by atoms with Crippen molar-refractivity contribution in [3.8, 4) is 0 Å². The summed E-state index contributed by atoms with van der Waals surface area (Å²) >= 11 is 0. The van der Waals surface area contributed by atoms with Crippen molar-refractivity contribution in [1.29, 1.82) is 0 Å². The number of aromatic carboxylic acids is 1. The number of pyridine rings is 1. The summed E-state index contributed by atoms with van der Waals surface area (Å²) in [6.07, 6.45) is 8.49. The van der Waals surface area contributed by atoms with Crippen molar-refractivity contribution in [2.24, 2.45) is 0 Å². The summed E-state index contributed by atoms with van der Waals surface area (Å²) in [5.41, 5.74) is 2.48. The van der Waals surface area contributed by atoms with E-state index < -0.39 is 5.97 Å². The van der Waals surface area contributed by atoms with Gasteiger partial charge in [0.25, 0.3) is 0 Å². The summed E-state index contributed by atoms with van der Waals surface area (Å²) in [6.45, 7) is 2.53. The number of nitrogens with one attached hydrogen (secondary N) is 1. The van der Waals surface area contributed by atoms with Crippen molar-refractivity contribution >= 4 is 11.8 Å². The van der Waals surface area contributed by atoms with Gasteiger partial charge in [-0.3, -0.25) is 0 Å². The summed E-state index contributed by atoms with van der Waals surface area (Å²) in [5.74, 6) is -0.454. The van der Waals surface area contributed by atoms with Crippen molar-refractivity contribution in [3.63, 3.8) is 0 Å². The highest BCUT2D eigenvalue weighted by Gasteiger charge is 2.14. The van der Waals surface area contributed by atoms with Gasteiger partial charge in [-0.15, -0.1) is 0 Å². The van der Waals surface area contributed by atoms with Crippen LogP contribution >= 0.6 is 0 Å². The SMILES string of the molecule is Cc1ccnc(NCCC2=CCCC2)c1C(=O)O. The maximum Gasteiger partial charge on any atom is 0.339 e. The number of nitrogens with zero attached hydrogens (tertiary/aromatic N) is 1. The molecular formula is C14H18N2O2. The molecule has 1 aliphatic rings. The van der Waals surface area contributed by atoms with E-state index in [1.807, 2.05) is 0 Å². The summed E-state index contributed by atoms with van der Waals surface area (Å²) in [6, 6.07) is 1.72. The summed E-state index contributed by atoms with van der Waals surface area (Å²) in [7, 11) is 0. The van der Waals surface area contributed by atoms with Crippen molar-refractivity contribution in [3.05, 3.63) is 35.0 Å². The average molecular weight is 246 g/mol. The Hall–Kier alpha value is -1.84. The number of hydrogen-bond acceptors (Lipinski definition) is 3. The van der Waals surface area contributed by atoms with Crippen LogP contribution in [0.5, 0.6) is 0 Å². The van der Waals surface area contributed by atoms with Gasteiger partial charge in [0, 0.05) is 12.7 Å². The second-order valence-corrected chi connectivity index (χ2v) is 4.59. The molecule has 0 aromatic carbocycles. The fourth-order valence-electron chi connectivity index (χ4n) is 2.27. The minimum absolute atomic E-state index is 0.276. The first-order chi connectivity index (χ1) is 8.68. The Kier molecular flexibility index (Phi) is 3.97.